The van der Waals surface area contributed by atoms with Crippen molar-refractivity contribution >= 4 is 11.6 Å². The summed E-state index contributed by atoms with van der Waals surface area (Å²) in [5.74, 6) is 0. The van der Waals surface area contributed by atoms with Gasteiger partial charge >= 0.3 is 0 Å². The highest BCUT2D eigenvalue weighted by Crippen LogP contribution is 2.02. The van der Waals surface area contributed by atoms with E-state index < -0.39 is 0 Å². The van der Waals surface area contributed by atoms with Gasteiger partial charge in [-0.25, -0.2) is 0 Å². The van der Waals surface area contributed by atoms with Crippen molar-refractivity contribution in [3.05, 3.63) is 53.4 Å². The third-order valence-electron chi connectivity index (χ3n) is 1.84. The van der Waals surface area contributed by atoms with Gasteiger partial charge in [-0.05, 0) is 26.0 Å². The normalized spacial score (nSPS) is 12.3. The van der Waals surface area contributed by atoms with Gasteiger partial charge in [0.1, 0.15) is 0 Å². The number of nitrogens with zero attached hydrogens (tertiary/aromatic N) is 2. The molecule has 0 radical (unpaired) electrons. The molecule has 0 aromatic carbocycles. The molecule has 0 aliphatic rings. The fraction of sp³-hybridized carbons (Fsp3) is 0.250. The molecule has 0 aliphatic heterocycles. The SMILES string of the molecule is C=C(Cl)/C=C\C=C(/C)Cn1ccc(C)n1. The van der Waals surface area contributed by atoms with E-state index >= 15 is 0 Å². The number of hydrogen-bond acceptors (Lipinski definition) is 1. The Labute approximate surface area is 95.6 Å². The van der Waals surface area contributed by atoms with E-state index in [-0.39, 0.29) is 0 Å². The minimum Gasteiger partial charge on any atom is -0.268 e. The van der Waals surface area contributed by atoms with Crippen molar-refractivity contribution in [1.29, 1.82) is 0 Å². The number of hydrogen-bond donors (Lipinski definition) is 0. The van der Waals surface area contributed by atoms with Crippen LogP contribution in [0.4, 0.5) is 0 Å². The topological polar surface area (TPSA) is 17.8 Å². The van der Waals surface area contributed by atoms with Crippen LogP contribution in [0, 0.1) is 6.92 Å². The van der Waals surface area contributed by atoms with Gasteiger partial charge in [0.2, 0.25) is 0 Å². The highest BCUT2D eigenvalue weighted by atomic mass is 35.5. The van der Waals surface area contributed by atoms with Gasteiger partial charge in [-0.15, -0.1) is 0 Å². The molecule has 1 heterocycles. The summed E-state index contributed by atoms with van der Waals surface area (Å²) in [6.07, 6.45) is 7.63. The average Bonchev–Trinajstić information content (AvgIpc) is 2.50. The molecule has 15 heavy (non-hydrogen) atoms. The monoisotopic (exact) mass is 222 g/mol. The van der Waals surface area contributed by atoms with Gasteiger partial charge in [0.05, 0.1) is 12.2 Å². The van der Waals surface area contributed by atoms with Crippen molar-refractivity contribution in [3.63, 3.8) is 0 Å². The Balaban J connectivity index is 2.55. The summed E-state index contributed by atoms with van der Waals surface area (Å²) in [6.45, 7) is 8.40. The molecule has 0 amide bonds. The molecule has 0 spiro atoms. The van der Waals surface area contributed by atoms with Crippen LogP contribution >= 0.6 is 11.6 Å². The first-order chi connectivity index (χ1) is 7.08. The van der Waals surface area contributed by atoms with Crippen molar-refractivity contribution in [3.8, 4) is 0 Å². The lowest BCUT2D eigenvalue weighted by atomic mass is 10.2. The van der Waals surface area contributed by atoms with E-state index in [1.54, 1.807) is 6.08 Å². The number of aryl methyl sites for hydroxylation is 1. The van der Waals surface area contributed by atoms with Crippen LogP contribution in [0.25, 0.3) is 0 Å². The average molecular weight is 223 g/mol. The molecule has 0 fully saturated rings. The predicted molar refractivity (Wildman–Crippen MR) is 64.9 cm³/mol. The maximum atomic E-state index is 5.60. The van der Waals surface area contributed by atoms with Gasteiger partial charge < -0.3 is 0 Å². The zero-order valence-electron chi connectivity index (χ0n) is 9.07. The van der Waals surface area contributed by atoms with E-state index in [4.69, 9.17) is 11.6 Å². The van der Waals surface area contributed by atoms with Gasteiger partial charge in [0.15, 0.2) is 0 Å². The Hall–Kier alpha value is -1.28. The standard InChI is InChI=1S/C12H15ClN2/c1-10(5-4-6-11(2)13)9-15-8-7-12(3)14-15/h4-8H,2,9H2,1,3H3/b6-4-,10-5+. The summed E-state index contributed by atoms with van der Waals surface area (Å²) in [4.78, 5) is 0. The lowest BCUT2D eigenvalue weighted by Gasteiger charge is -2.00. The molecular formula is C12H15ClN2. The van der Waals surface area contributed by atoms with Gasteiger partial charge in [0.25, 0.3) is 0 Å². The van der Waals surface area contributed by atoms with Crippen LogP contribution in [0.1, 0.15) is 12.6 Å². The van der Waals surface area contributed by atoms with E-state index in [0.717, 1.165) is 12.2 Å². The first-order valence-electron chi connectivity index (χ1n) is 4.76. The first kappa shape index (κ1) is 11.8. The molecule has 0 saturated carbocycles. The Kier molecular flexibility index (Phi) is 4.37. The maximum Gasteiger partial charge on any atom is 0.0619 e. The van der Waals surface area contributed by atoms with Gasteiger partial charge in [0, 0.05) is 11.2 Å². The maximum absolute atomic E-state index is 5.60. The van der Waals surface area contributed by atoms with Crippen LogP contribution < -0.4 is 0 Å². The van der Waals surface area contributed by atoms with Crippen molar-refractivity contribution in [2.75, 3.05) is 0 Å². The second kappa shape index (κ2) is 5.56. The van der Waals surface area contributed by atoms with E-state index in [2.05, 4.69) is 18.6 Å². The minimum atomic E-state index is 0.536. The Morgan fingerprint density at radius 3 is 2.93 bits per heavy atom. The fourth-order valence-electron chi connectivity index (χ4n) is 1.18. The molecule has 0 unspecified atom stereocenters. The molecule has 3 heteroatoms. The van der Waals surface area contributed by atoms with Crippen molar-refractivity contribution in [2.24, 2.45) is 0 Å². The highest BCUT2D eigenvalue weighted by molar-refractivity contribution is 6.30. The lowest BCUT2D eigenvalue weighted by molar-refractivity contribution is 0.670. The van der Waals surface area contributed by atoms with Crippen LogP contribution in [0.2, 0.25) is 0 Å². The predicted octanol–water partition coefficient (Wildman–Crippen LogP) is 3.45. The van der Waals surface area contributed by atoms with Crippen LogP contribution in [-0.4, -0.2) is 9.78 Å². The number of allylic oxidation sites excluding steroid dienone is 5. The number of rotatable bonds is 4. The second-order valence-corrected chi connectivity index (χ2v) is 3.96. The zero-order valence-corrected chi connectivity index (χ0v) is 9.83. The number of halogens is 1. The molecule has 0 N–H and O–H groups in total. The van der Waals surface area contributed by atoms with Gasteiger partial charge in [-0.2, -0.15) is 5.10 Å². The summed E-state index contributed by atoms with van der Waals surface area (Å²) in [6, 6.07) is 1.99. The molecule has 2 nitrogen and oxygen atoms in total. The van der Waals surface area contributed by atoms with Gasteiger partial charge in [-0.3, -0.25) is 4.68 Å². The molecule has 1 aromatic rings. The molecule has 80 valence electrons. The summed E-state index contributed by atoms with van der Waals surface area (Å²) in [5, 5.41) is 4.84. The first-order valence-corrected chi connectivity index (χ1v) is 5.14. The Bertz CT molecular complexity index is 400. The third kappa shape index (κ3) is 4.66. The summed E-state index contributed by atoms with van der Waals surface area (Å²) in [5.41, 5.74) is 2.25. The van der Waals surface area contributed by atoms with E-state index in [1.807, 2.05) is 36.0 Å². The Morgan fingerprint density at radius 2 is 2.40 bits per heavy atom. The van der Waals surface area contributed by atoms with Crippen LogP contribution in [0.15, 0.2) is 47.7 Å². The molecule has 0 atom stereocenters. The van der Waals surface area contributed by atoms with E-state index in [9.17, 15) is 0 Å². The zero-order chi connectivity index (χ0) is 11.3. The van der Waals surface area contributed by atoms with E-state index in [0.29, 0.717) is 5.03 Å². The lowest BCUT2D eigenvalue weighted by Crippen LogP contribution is -1.99. The third-order valence-corrected chi connectivity index (χ3v) is 1.97. The van der Waals surface area contributed by atoms with Gasteiger partial charge in [-0.1, -0.05) is 35.9 Å². The van der Waals surface area contributed by atoms with Crippen LogP contribution in [0.5, 0.6) is 0 Å². The van der Waals surface area contributed by atoms with Crippen molar-refractivity contribution in [1.82, 2.24) is 9.78 Å². The quantitative estimate of drug-likeness (QED) is 0.714. The highest BCUT2D eigenvalue weighted by Gasteiger charge is 1.93. The van der Waals surface area contributed by atoms with Crippen LogP contribution in [-0.2, 0) is 6.54 Å². The van der Waals surface area contributed by atoms with Crippen molar-refractivity contribution in [2.45, 2.75) is 20.4 Å². The Morgan fingerprint density at radius 1 is 1.67 bits per heavy atom. The molecular weight excluding hydrogens is 208 g/mol. The van der Waals surface area contributed by atoms with Crippen molar-refractivity contribution < 1.29 is 0 Å². The molecule has 1 aromatic heterocycles. The summed E-state index contributed by atoms with van der Waals surface area (Å²) in [7, 11) is 0. The summed E-state index contributed by atoms with van der Waals surface area (Å²) < 4.78 is 1.91. The minimum absolute atomic E-state index is 0.536. The number of aromatic nitrogens is 2. The second-order valence-electron chi connectivity index (χ2n) is 3.47. The summed E-state index contributed by atoms with van der Waals surface area (Å²) >= 11 is 5.60. The molecule has 0 bridgehead atoms. The molecule has 0 aliphatic carbocycles. The fourth-order valence-corrected chi connectivity index (χ4v) is 1.25. The smallest absolute Gasteiger partial charge is 0.0619 e. The largest absolute Gasteiger partial charge is 0.268 e. The van der Waals surface area contributed by atoms with Crippen LogP contribution in [0.3, 0.4) is 0 Å². The van der Waals surface area contributed by atoms with E-state index in [1.165, 1.54) is 5.57 Å². The molecule has 0 saturated heterocycles. The molecule has 1 rings (SSSR count).